The van der Waals surface area contributed by atoms with Crippen LogP contribution in [0.2, 0.25) is 0 Å². The maximum atomic E-state index is 12.5. The summed E-state index contributed by atoms with van der Waals surface area (Å²) in [5.74, 6) is 0.255. The van der Waals surface area contributed by atoms with Crippen LogP contribution in [-0.4, -0.2) is 64.2 Å². The summed E-state index contributed by atoms with van der Waals surface area (Å²) in [5, 5.41) is 25.5. The van der Waals surface area contributed by atoms with Crippen molar-refractivity contribution in [3.63, 3.8) is 0 Å². The molecule has 2 amide bonds. The third-order valence-corrected chi connectivity index (χ3v) is 6.53. The minimum Gasteiger partial charge on any atom is -0.385 e. The van der Waals surface area contributed by atoms with Gasteiger partial charge in [-0.3, -0.25) is 9.59 Å². The Morgan fingerprint density at radius 1 is 1.38 bits per heavy atom. The number of fused-ring (bicyclic) bond motifs is 1. The Labute approximate surface area is 199 Å². The van der Waals surface area contributed by atoms with E-state index < -0.39 is 12.3 Å². The number of thiophene rings is 1. The minimum absolute atomic E-state index is 0.128. The number of aliphatic hydroxyl groups is 1. The summed E-state index contributed by atoms with van der Waals surface area (Å²) in [4.78, 5) is 30.8. The van der Waals surface area contributed by atoms with Crippen molar-refractivity contribution in [2.75, 3.05) is 25.6 Å². The Balaban J connectivity index is 1.47. The van der Waals surface area contributed by atoms with Crippen molar-refractivity contribution in [2.24, 2.45) is 0 Å². The van der Waals surface area contributed by atoms with Crippen molar-refractivity contribution >= 4 is 40.7 Å². The Morgan fingerprint density at radius 3 is 2.97 bits per heavy atom. The summed E-state index contributed by atoms with van der Waals surface area (Å²) in [5.41, 5.74) is 2.11. The second-order valence-electron chi connectivity index (χ2n) is 8.13. The van der Waals surface area contributed by atoms with E-state index in [2.05, 4.69) is 26.4 Å². The minimum atomic E-state index is -1.12. The smallest absolute Gasteiger partial charge is 0.270 e. The lowest BCUT2D eigenvalue weighted by Gasteiger charge is -2.09. The van der Waals surface area contributed by atoms with Gasteiger partial charge in [-0.2, -0.15) is 9.61 Å². The van der Waals surface area contributed by atoms with Crippen LogP contribution >= 0.6 is 11.3 Å². The number of carbonyl (C=O) groups excluding carboxylic acids is 2. The molecule has 5 N–H and O–H groups in total. The third-order valence-electron chi connectivity index (χ3n) is 5.43. The van der Waals surface area contributed by atoms with E-state index in [9.17, 15) is 14.7 Å². The Hall–Kier alpha value is -3.48. The molecule has 2 fully saturated rings. The van der Waals surface area contributed by atoms with Gasteiger partial charge in [-0.1, -0.05) is 0 Å². The number of hydrogen-bond donors (Lipinski definition) is 5. The first-order valence-electron chi connectivity index (χ1n) is 11.0. The fraction of sp³-hybridized carbons (Fsp3) is 0.364. The molecule has 1 unspecified atom stereocenters. The second kappa shape index (κ2) is 9.41. The molecule has 12 heteroatoms. The van der Waals surface area contributed by atoms with Gasteiger partial charge < -0.3 is 31.1 Å². The van der Waals surface area contributed by atoms with E-state index in [1.54, 1.807) is 30.0 Å². The zero-order valence-electron chi connectivity index (χ0n) is 18.5. The summed E-state index contributed by atoms with van der Waals surface area (Å²) >= 11 is 1.36. The standard InChI is InChI=1S/C22H25N7O4S/c1-33-8-2-7-23-21(31)17-6-5-16(34-17)14-10-18(25-13-3-4-13)29-19(26-14)12(11-24-29)9-15-20(30)28-22(32)27-15/h5-6,9-11,13,22,25,27,32H,2-4,7-8H2,1H3,(H,23,31)(H,28,30)/b15-9-. The topological polar surface area (TPSA) is 142 Å². The van der Waals surface area contributed by atoms with Gasteiger partial charge in [0.2, 0.25) is 6.35 Å². The van der Waals surface area contributed by atoms with Crippen molar-refractivity contribution in [1.29, 1.82) is 0 Å². The zero-order chi connectivity index (χ0) is 23.7. The predicted molar refractivity (Wildman–Crippen MR) is 127 cm³/mol. The molecule has 1 saturated heterocycles. The van der Waals surface area contributed by atoms with E-state index in [1.807, 2.05) is 12.1 Å². The number of rotatable bonds is 9. The van der Waals surface area contributed by atoms with Gasteiger partial charge in [0.1, 0.15) is 11.5 Å². The number of methoxy groups -OCH3 is 1. The lowest BCUT2D eigenvalue weighted by atomic mass is 10.2. The van der Waals surface area contributed by atoms with E-state index >= 15 is 0 Å². The zero-order valence-corrected chi connectivity index (χ0v) is 19.3. The van der Waals surface area contributed by atoms with E-state index in [0.29, 0.717) is 41.0 Å². The largest absolute Gasteiger partial charge is 0.385 e. The van der Waals surface area contributed by atoms with Gasteiger partial charge in [0.05, 0.1) is 21.6 Å². The van der Waals surface area contributed by atoms with Gasteiger partial charge in [-0.15, -0.1) is 11.3 Å². The summed E-state index contributed by atoms with van der Waals surface area (Å²) in [7, 11) is 1.63. The number of aromatic nitrogens is 3. The summed E-state index contributed by atoms with van der Waals surface area (Å²) < 4.78 is 6.72. The van der Waals surface area contributed by atoms with Crippen molar-refractivity contribution in [1.82, 2.24) is 30.5 Å². The number of nitrogens with zero attached hydrogens (tertiary/aromatic N) is 3. The number of aliphatic hydroxyl groups excluding tert-OH is 1. The molecule has 3 aromatic rings. The number of amides is 2. The first-order valence-corrected chi connectivity index (χ1v) is 11.8. The van der Waals surface area contributed by atoms with Crippen LogP contribution < -0.4 is 21.3 Å². The second-order valence-corrected chi connectivity index (χ2v) is 9.21. The monoisotopic (exact) mass is 483 g/mol. The maximum Gasteiger partial charge on any atom is 0.270 e. The highest BCUT2D eigenvalue weighted by Gasteiger charge is 2.25. The van der Waals surface area contributed by atoms with Crippen LogP contribution in [0, 0.1) is 0 Å². The number of carbonyl (C=O) groups is 2. The molecule has 11 nitrogen and oxygen atoms in total. The van der Waals surface area contributed by atoms with Crippen LogP contribution in [0.15, 0.2) is 30.1 Å². The molecule has 5 rings (SSSR count). The van der Waals surface area contributed by atoms with E-state index in [-0.39, 0.29) is 11.6 Å². The first kappa shape index (κ1) is 22.3. The van der Waals surface area contributed by atoms with E-state index in [0.717, 1.165) is 30.0 Å². The van der Waals surface area contributed by atoms with Gasteiger partial charge >= 0.3 is 0 Å². The molecule has 34 heavy (non-hydrogen) atoms. The molecule has 1 atom stereocenters. The SMILES string of the molecule is COCCCNC(=O)c1ccc(-c2cc(NC3CC3)n3ncc(/C=C4\NC(O)NC4=O)c3n2)s1. The maximum absolute atomic E-state index is 12.5. The lowest BCUT2D eigenvalue weighted by molar-refractivity contribution is -0.117. The highest BCUT2D eigenvalue weighted by atomic mass is 32.1. The molecule has 2 aliphatic rings. The van der Waals surface area contributed by atoms with Crippen molar-refractivity contribution in [3.05, 3.63) is 40.5 Å². The molecule has 0 radical (unpaired) electrons. The Morgan fingerprint density at radius 2 is 2.24 bits per heavy atom. The first-order chi connectivity index (χ1) is 16.5. The Bertz CT molecular complexity index is 1260. The van der Waals surface area contributed by atoms with Gasteiger partial charge in [0.25, 0.3) is 11.8 Å². The molecule has 0 bridgehead atoms. The molecule has 4 heterocycles. The van der Waals surface area contributed by atoms with Crippen LogP contribution in [0.25, 0.3) is 22.3 Å². The molecular weight excluding hydrogens is 458 g/mol. The summed E-state index contributed by atoms with van der Waals surface area (Å²) in [6.07, 6.45) is 5.04. The fourth-order valence-electron chi connectivity index (χ4n) is 3.56. The highest BCUT2D eigenvalue weighted by Crippen LogP contribution is 2.32. The predicted octanol–water partition coefficient (Wildman–Crippen LogP) is 1.13. The number of anilines is 1. The van der Waals surface area contributed by atoms with Crippen LogP contribution in [0.5, 0.6) is 0 Å². The molecule has 0 aromatic carbocycles. The van der Waals surface area contributed by atoms with Crippen LogP contribution in [0.3, 0.4) is 0 Å². The molecule has 3 aromatic heterocycles. The fourth-order valence-corrected chi connectivity index (χ4v) is 4.45. The van der Waals surface area contributed by atoms with E-state index in [1.165, 1.54) is 11.3 Å². The van der Waals surface area contributed by atoms with Crippen molar-refractivity contribution in [3.8, 4) is 10.6 Å². The van der Waals surface area contributed by atoms with Crippen LogP contribution in [-0.2, 0) is 9.53 Å². The van der Waals surface area contributed by atoms with Crippen LogP contribution in [0.4, 0.5) is 5.82 Å². The number of hydrogen-bond acceptors (Lipinski definition) is 9. The van der Waals surface area contributed by atoms with E-state index in [4.69, 9.17) is 9.72 Å². The highest BCUT2D eigenvalue weighted by molar-refractivity contribution is 7.17. The van der Waals surface area contributed by atoms with Gasteiger partial charge in [0, 0.05) is 37.9 Å². The Kier molecular flexibility index (Phi) is 6.18. The summed E-state index contributed by atoms with van der Waals surface area (Å²) in [6.45, 7) is 1.14. The average molecular weight is 484 g/mol. The van der Waals surface area contributed by atoms with Gasteiger partial charge in [-0.05, 0) is 37.5 Å². The normalized spacial score (nSPS) is 18.8. The molecular formula is C22H25N7O4S. The lowest BCUT2D eigenvalue weighted by Crippen LogP contribution is -2.30. The molecule has 1 aliphatic carbocycles. The van der Waals surface area contributed by atoms with Crippen molar-refractivity contribution in [2.45, 2.75) is 31.7 Å². The van der Waals surface area contributed by atoms with Gasteiger partial charge in [0.15, 0.2) is 5.65 Å². The van der Waals surface area contributed by atoms with Crippen LogP contribution in [0.1, 0.15) is 34.5 Å². The molecule has 1 saturated carbocycles. The third kappa shape index (κ3) is 4.74. The number of ether oxygens (including phenoxy) is 1. The average Bonchev–Trinajstić information content (AvgIpc) is 3.19. The number of nitrogens with one attached hydrogen (secondary N) is 4. The van der Waals surface area contributed by atoms with Crippen molar-refractivity contribution < 1.29 is 19.4 Å². The summed E-state index contributed by atoms with van der Waals surface area (Å²) in [6, 6.07) is 5.98. The molecule has 1 aliphatic heterocycles. The molecule has 0 spiro atoms. The quantitative estimate of drug-likeness (QED) is 0.225. The van der Waals surface area contributed by atoms with Gasteiger partial charge in [-0.25, -0.2) is 4.98 Å². The molecule has 178 valence electrons.